The predicted molar refractivity (Wildman–Crippen MR) is 77.4 cm³/mol. The summed E-state index contributed by atoms with van der Waals surface area (Å²) < 4.78 is 4.97. The molecule has 0 heterocycles. The summed E-state index contributed by atoms with van der Waals surface area (Å²) in [6, 6.07) is 8.10. The maximum Gasteiger partial charge on any atom is 0.338 e. The number of hydrogen-bond donors (Lipinski definition) is 1. The van der Waals surface area contributed by atoms with Gasteiger partial charge in [0.25, 0.3) is 0 Å². The number of rotatable bonds is 4. The number of carbonyl (C=O) groups is 1. The Morgan fingerprint density at radius 3 is 2.58 bits per heavy atom. The van der Waals surface area contributed by atoms with Crippen molar-refractivity contribution >= 4 is 11.7 Å². The summed E-state index contributed by atoms with van der Waals surface area (Å²) in [4.78, 5) is 11.5. The standard InChI is InChI=1S/C16H23NO2/c1-4-19-15(18)12-5-7-13(8-6-12)17-14-9-10-16(2,3)11-14/h5-8,14,17H,4,9-11H2,1-3H3. The van der Waals surface area contributed by atoms with E-state index >= 15 is 0 Å². The van der Waals surface area contributed by atoms with Gasteiger partial charge in [0.05, 0.1) is 12.2 Å². The number of anilines is 1. The van der Waals surface area contributed by atoms with Gasteiger partial charge in [0.2, 0.25) is 0 Å². The average molecular weight is 261 g/mol. The zero-order valence-electron chi connectivity index (χ0n) is 12.0. The van der Waals surface area contributed by atoms with Crippen molar-refractivity contribution in [2.45, 2.75) is 46.1 Å². The van der Waals surface area contributed by atoms with Gasteiger partial charge in [-0.1, -0.05) is 13.8 Å². The quantitative estimate of drug-likeness (QED) is 0.836. The first-order chi connectivity index (χ1) is 9.00. The number of nitrogens with one attached hydrogen (secondary N) is 1. The van der Waals surface area contributed by atoms with E-state index in [4.69, 9.17) is 4.74 Å². The second-order valence-electron chi connectivity index (χ2n) is 6.05. The smallest absolute Gasteiger partial charge is 0.338 e. The summed E-state index contributed by atoms with van der Waals surface area (Å²) in [5.74, 6) is -0.254. The first-order valence-corrected chi connectivity index (χ1v) is 7.04. The summed E-state index contributed by atoms with van der Waals surface area (Å²) in [7, 11) is 0. The highest BCUT2D eigenvalue weighted by atomic mass is 16.5. The van der Waals surface area contributed by atoms with Crippen molar-refractivity contribution in [1.82, 2.24) is 0 Å². The van der Waals surface area contributed by atoms with Crippen molar-refractivity contribution in [2.75, 3.05) is 11.9 Å². The first kappa shape index (κ1) is 13.9. The number of esters is 1. The Kier molecular flexibility index (Phi) is 4.13. The molecule has 0 amide bonds. The molecule has 0 aromatic heterocycles. The molecule has 1 unspecified atom stereocenters. The van der Waals surface area contributed by atoms with E-state index in [1.165, 1.54) is 19.3 Å². The average Bonchev–Trinajstić information content (AvgIpc) is 2.70. The van der Waals surface area contributed by atoms with Crippen molar-refractivity contribution in [1.29, 1.82) is 0 Å². The highest BCUT2D eigenvalue weighted by molar-refractivity contribution is 5.89. The summed E-state index contributed by atoms with van der Waals surface area (Å²) >= 11 is 0. The molecule has 19 heavy (non-hydrogen) atoms. The molecule has 1 aliphatic carbocycles. The van der Waals surface area contributed by atoms with Gasteiger partial charge in [0.15, 0.2) is 0 Å². The number of hydrogen-bond acceptors (Lipinski definition) is 3. The van der Waals surface area contributed by atoms with Gasteiger partial charge in [-0.2, -0.15) is 0 Å². The minimum atomic E-state index is -0.254. The second kappa shape index (κ2) is 5.64. The topological polar surface area (TPSA) is 38.3 Å². The van der Waals surface area contributed by atoms with Crippen molar-refractivity contribution in [3.63, 3.8) is 0 Å². The van der Waals surface area contributed by atoms with Gasteiger partial charge >= 0.3 is 5.97 Å². The van der Waals surface area contributed by atoms with E-state index < -0.39 is 0 Å². The van der Waals surface area contributed by atoms with Crippen LogP contribution in [-0.2, 0) is 4.74 Å². The predicted octanol–water partition coefficient (Wildman–Crippen LogP) is 3.85. The fraction of sp³-hybridized carbons (Fsp3) is 0.562. The Bertz CT molecular complexity index is 437. The van der Waals surface area contributed by atoms with E-state index in [1.54, 1.807) is 0 Å². The number of ether oxygens (including phenoxy) is 1. The Morgan fingerprint density at radius 2 is 2.05 bits per heavy atom. The van der Waals surface area contributed by atoms with Gasteiger partial charge in [-0.3, -0.25) is 0 Å². The molecule has 1 aromatic carbocycles. The molecule has 0 spiro atoms. The molecule has 3 heteroatoms. The molecule has 104 valence electrons. The fourth-order valence-corrected chi connectivity index (χ4v) is 2.71. The SMILES string of the molecule is CCOC(=O)c1ccc(NC2CCC(C)(C)C2)cc1. The molecule has 1 aromatic rings. The molecule has 3 nitrogen and oxygen atoms in total. The lowest BCUT2D eigenvalue weighted by molar-refractivity contribution is 0.0526. The minimum Gasteiger partial charge on any atom is -0.462 e. The second-order valence-corrected chi connectivity index (χ2v) is 6.05. The summed E-state index contributed by atoms with van der Waals surface area (Å²) in [6.45, 7) is 6.86. The van der Waals surface area contributed by atoms with Crippen LogP contribution < -0.4 is 5.32 Å². The van der Waals surface area contributed by atoms with Crippen LogP contribution in [0.1, 0.15) is 50.4 Å². The monoisotopic (exact) mass is 261 g/mol. The summed E-state index contributed by atoms with van der Waals surface area (Å²) in [6.07, 6.45) is 3.69. The molecule has 1 aliphatic rings. The van der Waals surface area contributed by atoms with E-state index in [-0.39, 0.29) is 5.97 Å². The van der Waals surface area contributed by atoms with E-state index in [9.17, 15) is 4.79 Å². The molecular weight excluding hydrogens is 238 g/mol. The van der Waals surface area contributed by atoms with Crippen LogP contribution >= 0.6 is 0 Å². The fourth-order valence-electron chi connectivity index (χ4n) is 2.71. The lowest BCUT2D eigenvalue weighted by Gasteiger charge is -2.18. The van der Waals surface area contributed by atoms with Gasteiger partial charge in [-0.15, -0.1) is 0 Å². The molecule has 1 atom stereocenters. The molecule has 1 fully saturated rings. The van der Waals surface area contributed by atoms with E-state index in [0.29, 0.717) is 23.6 Å². The van der Waals surface area contributed by atoms with E-state index in [1.807, 2.05) is 31.2 Å². The van der Waals surface area contributed by atoms with Crippen molar-refractivity contribution in [3.8, 4) is 0 Å². The van der Waals surface area contributed by atoms with Crippen LogP contribution in [0.5, 0.6) is 0 Å². The van der Waals surface area contributed by atoms with Crippen molar-refractivity contribution < 1.29 is 9.53 Å². The van der Waals surface area contributed by atoms with Gasteiger partial charge in [0, 0.05) is 11.7 Å². The molecule has 0 radical (unpaired) electrons. The van der Waals surface area contributed by atoms with Crippen LogP contribution in [0.3, 0.4) is 0 Å². The zero-order valence-corrected chi connectivity index (χ0v) is 12.0. The van der Waals surface area contributed by atoms with Gasteiger partial charge in [-0.05, 0) is 55.9 Å². The van der Waals surface area contributed by atoms with E-state index in [2.05, 4.69) is 19.2 Å². The van der Waals surface area contributed by atoms with Crippen LogP contribution in [0.25, 0.3) is 0 Å². The lowest BCUT2D eigenvalue weighted by Crippen LogP contribution is -2.17. The number of benzene rings is 1. The molecule has 1 N–H and O–H groups in total. The highest BCUT2D eigenvalue weighted by Crippen LogP contribution is 2.38. The molecular formula is C16H23NO2. The van der Waals surface area contributed by atoms with Crippen LogP contribution in [0.4, 0.5) is 5.69 Å². The Balaban J connectivity index is 1.94. The minimum absolute atomic E-state index is 0.254. The van der Waals surface area contributed by atoms with E-state index in [0.717, 1.165) is 5.69 Å². The highest BCUT2D eigenvalue weighted by Gasteiger charge is 2.30. The maximum absolute atomic E-state index is 11.5. The largest absolute Gasteiger partial charge is 0.462 e. The molecule has 0 bridgehead atoms. The number of carbonyl (C=O) groups excluding carboxylic acids is 1. The van der Waals surface area contributed by atoms with Crippen LogP contribution in [0.2, 0.25) is 0 Å². The Hall–Kier alpha value is -1.51. The third-order valence-electron chi connectivity index (χ3n) is 3.74. The normalized spacial score (nSPS) is 21.1. The maximum atomic E-state index is 11.5. The van der Waals surface area contributed by atoms with Gasteiger partial charge in [-0.25, -0.2) is 4.79 Å². The van der Waals surface area contributed by atoms with Crippen molar-refractivity contribution in [3.05, 3.63) is 29.8 Å². The Morgan fingerprint density at radius 1 is 1.37 bits per heavy atom. The molecule has 2 rings (SSSR count). The third-order valence-corrected chi connectivity index (χ3v) is 3.74. The van der Waals surface area contributed by atoms with Gasteiger partial charge in [0.1, 0.15) is 0 Å². The molecule has 0 saturated heterocycles. The molecule has 1 saturated carbocycles. The molecule has 0 aliphatic heterocycles. The third kappa shape index (κ3) is 3.72. The summed E-state index contributed by atoms with van der Waals surface area (Å²) in [5, 5.41) is 3.54. The van der Waals surface area contributed by atoms with Crippen molar-refractivity contribution in [2.24, 2.45) is 5.41 Å². The zero-order chi connectivity index (χ0) is 13.9. The van der Waals surface area contributed by atoms with Gasteiger partial charge < -0.3 is 10.1 Å². The lowest BCUT2D eigenvalue weighted by atomic mass is 9.92. The summed E-state index contributed by atoms with van der Waals surface area (Å²) in [5.41, 5.74) is 2.14. The first-order valence-electron chi connectivity index (χ1n) is 7.04. The van der Waals surface area contributed by atoms with Crippen LogP contribution in [0, 0.1) is 5.41 Å². The van der Waals surface area contributed by atoms with Crippen LogP contribution in [-0.4, -0.2) is 18.6 Å². The Labute approximate surface area is 115 Å². The van der Waals surface area contributed by atoms with Crippen LogP contribution in [0.15, 0.2) is 24.3 Å².